The number of benzene rings is 1. The average Bonchev–Trinajstić information content (AvgIpc) is 2.91. The number of aromatic nitrogens is 2. The Hall–Kier alpha value is -1.35. The van der Waals surface area contributed by atoms with Gasteiger partial charge in [-0.1, -0.05) is 12.1 Å². The van der Waals surface area contributed by atoms with Crippen molar-refractivity contribution >= 4 is 10.9 Å². The van der Waals surface area contributed by atoms with E-state index in [-0.39, 0.29) is 0 Å². The van der Waals surface area contributed by atoms with Gasteiger partial charge in [0.05, 0.1) is 5.52 Å². The fourth-order valence-corrected chi connectivity index (χ4v) is 2.40. The number of fused-ring (bicyclic) bond motifs is 1. The average molecular weight is 201 g/mol. The first-order valence-electron chi connectivity index (χ1n) is 5.42. The zero-order valence-electron chi connectivity index (χ0n) is 8.85. The molecule has 1 saturated carbocycles. The van der Waals surface area contributed by atoms with E-state index in [0.717, 1.165) is 12.1 Å². The Morgan fingerprint density at radius 2 is 2.40 bits per heavy atom. The predicted octanol–water partition coefficient (Wildman–Crippen LogP) is 1.64. The molecule has 0 amide bonds. The summed E-state index contributed by atoms with van der Waals surface area (Å²) in [6.07, 6.45) is 3.35. The van der Waals surface area contributed by atoms with E-state index in [1.807, 2.05) is 11.7 Å². The SMILES string of the molecule is Cn1cc2c(C3CC3CN)cccc2n1. The van der Waals surface area contributed by atoms with Gasteiger partial charge in [0, 0.05) is 18.6 Å². The molecule has 2 aromatic rings. The van der Waals surface area contributed by atoms with Crippen molar-refractivity contribution in [3.05, 3.63) is 30.0 Å². The third-order valence-corrected chi connectivity index (χ3v) is 3.32. The van der Waals surface area contributed by atoms with Gasteiger partial charge >= 0.3 is 0 Å². The second-order valence-corrected chi connectivity index (χ2v) is 4.42. The monoisotopic (exact) mass is 201 g/mol. The van der Waals surface area contributed by atoms with Crippen molar-refractivity contribution in [2.75, 3.05) is 6.54 Å². The van der Waals surface area contributed by atoms with Gasteiger partial charge in [-0.3, -0.25) is 4.68 Å². The molecule has 1 aliphatic carbocycles. The smallest absolute Gasteiger partial charge is 0.0926 e. The highest BCUT2D eigenvalue weighted by atomic mass is 15.2. The first-order chi connectivity index (χ1) is 7.29. The summed E-state index contributed by atoms with van der Waals surface area (Å²) in [6.45, 7) is 0.807. The maximum absolute atomic E-state index is 5.69. The van der Waals surface area contributed by atoms with Crippen molar-refractivity contribution in [2.24, 2.45) is 18.7 Å². The van der Waals surface area contributed by atoms with Crippen LogP contribution in [0.2, 0.25) is 0 Å². The van der Waals surface area contributed by atoms with Gasteiger partial charge in [-0.15, -0.1) is 0 Å². The number of aryl methyl sites for hydroxylation is 1. The lowest BCUT2D eigenvalue weighted by Crippen LogP contribution is -2.01. The maximum atomic E-state index is 5.69. The first kappa shape index (κ1) is 8.92. The van der Waals surface area contributed by atoms with Gasteiger partial charge in [0.1, 0.15) is 0 Å². The number of rotatable bonds is 2. The lowest BCUT2D eigenvalue weighted by atomic mass is 10.0. The van der Waals surface area contributed by atoms with Gasteiger partial charge in [-0.05, 0) is 36.4 Å². The van der Waals surface area contributed by atoms with Crippen molar-refractivity contribution in [1.82, 2.24) is 9.78 Å². The molecule has 3 rings (SSSR count). The van der Waals surface area contributed by atoms with E-state index in [9.17, 15) is 0 Å². The summed E-state index contributed by atoms with van der Waals surface area (Å²) in [5.41, 5.74) is 8.21. The number of nitrogens with zero attached hydrogens (tertiary/aromatic N) is 2. The minimum absolute atomic E-state index is 0.669. The molecular weight excluding hydrogens is 186 g/mol. The summed E-state index contributed by atoms with van der Waals surface area (Å²) < 4.78 is 1.88. The summed E-state index contributed by atoms with van der Waals surface area (Å²) in [5.74, 6) is 1.36. The zero-order valence-corrected chi connectivity index (χ0v) is 8.85. The fraction of sp³-hybridized carbons (Fsp3) is 0.417. The van der Waals surface area contributed by atoms with E-state index in [1.165, 1.54) is 17.4 Å². The standard InChI is InChI=1S/C12H15N3/c1-15-7-11-9(10-5-8(10)6-13)3-2-4-12(11)14-15/h2-4,7-8,10H,5-6,13H2,1H3. The molecule has 1 aromatic carbocycles. The molecule has 1 aromatic heterocycles. The lowest BCUT2D eigenvalue weighted by molar-refractivity contribution is 0.779. The Morgan fingerprint density at radius 3 is 3.13 bits per heavy atom. The summed E-state index contributed by atoms with van der Waals surface area (Å²) >= 11 is 0. The van der Waals surface area contributed by atoms with Crippen LogP contribution in [0.1, 0.15) is 17.9 Å². The largest absolute Gasteiger partial charge is 0.330 e. The molecule has 1 fully saturated rings. The van der Waals surface area contributed by atoms with E-state index in [1.54, 1.807) is 0 Å². The highest BCUT2D eigenvalue weighted by Gasteiger charge is 2.37. The first-order valence-corrected chi connectivity index (χ1v) is 5.42. The van der Waals surface area contributed by atoms with Crippen LogP contribution in [0.15, 0.2) is 24.4 Å². The fourth-order valence-electron chi connectivity index (χ4n) is 2.40. The van der Waals surface area contributed by atoms with Crippen molar-refractivity contribution < 1.29 is 0 Å². The minimum Gasteiger partial charge on any atom is -0.330 e. The summed E-state index contributed by atoms with van der Waals surface area (Å²) in [5, 5.41) is 5.71. The number of hydrogen-bond acceptors (Lipinski definition) is 2. The van der Waals surface area contributed by atoms with Gasteiger partial charge in [0.2, 0.25) is 0 Å². The highest BCUT2D eigenvalue weighted by Crippen LogP contribution is 2.48. The Kier molecular flexibility index (Phi) is 1.83. The zero-order chi connectivity index (χ0) is 10.4. The highest BCUT2D eigenvalue weighted by molar-refractivity contribution is 5.82. The van der Waals surface area contributed by atoms with Gasteiger partial charge in [-0.25, -0.2) is 0 Å². The predicted molar refractivity (Wildman–Crippen MR) is 60.6 cm³/mol. The number of hydrogen-bond donors (Lipinski definition) is 1. The maximum Gasteiger partial charge on any atom is 0.0926 e. The van der Waals surface area contributed by atoms with Crippen LogP contribution in [0.4, 0.5) is 0 Å². The summed E-state index contributed by atoms with van der Waals surface area (Å²) in [4.78, 5) is 0. The van der Waals surface area contributed by atoms with Crippen LogP contribution in [0, 0.1) is 5.92 Å². The van der Waals surface area contributed by atoms with Crippen LogP contribution < -0.4 is 5.73 Å². The molecule has 78 valence electrons. The van der Waals surface area contributed by atoms with Crippen LogP contribution in [0.5, 0.6) is 0 Å². The van der Waals surface area contributed by atoms with Crippen LogP contribution in [-0.2, 0) is 7.05 Å². The second-order valence-electron chi connectivity index (χ2n) is 4.42. The second kappa shape index (κ2) is 3.07. The molecule has 3 heteroatoms. The van der Waals surface area contributed by atoms with E-state index in [2.05, 4.69) is 29.5 Å². The van der Waals surface area contributed by atoms with Gasteiger partial charge in [0.15, 0.2) is 0 Å². The number of nitrogens with two attached hydrogens (primary N) is 1. The van der Waals surface area contributed by atoms with Gasteiger partial charge in [-0.2, -0.15) is 5.10 Å². The Morgan fingerprint density at radius 1 is 1.53 bits per heavy atom. The molecule has 2 N–H and O–H groups in total. The molecular formula is C12H15N3. The Bertz CT molecular complexity index is 501. The van der Waals surface area contributed by atoms with E-state index in [0.29, 0.717) is 11.8 Å². The van der Waals surface area contributed by atoms with Crippen molar-refractivity contribution in [2.45, 2.75) is 12.3 Å². The van der Waals surface area contributed by atoms with Crippen LogP contribution >= 0.6 is 0 Å². The third kappa shape index (κ3) is 1.35. The molecule has 0 aliphatic heterocycles. The topological polar surface area (TPSA) is 43.8 Å². The van der Waals surface area contributed by atoms with E-state index in [4.69, 9.17) is 5.73 Å². The molecule has 1 aliphatic rings. The lowest BCUT2D eigenvalue weighted by Gasteiger charge is -2.00. The molecule has 2 unspecified atom stereocenters. The molecule has 0 spiro atoms. The van der Waals surface area contributed by atoms with Gasteiger partial charge < -0.3 is 5.73 Å². The molecule has 3 nitrogen and oxygen atoms in total. The van der Waals surface area contributed by atoms with Gasteiger partial charge in [0.25, 0.3) is 0 Å². The molecule has 15 heavy (non-hydrogen) atoms. The van der Waals surface area contributed by atoms with Crippen molar-refractivity contribution in [3.8, 4) is 0 Å². The van der Waals surface area contributed by atoms with Crippen molar-refractivity contribution in [1.29, 1.82) is 0 Å². The molecule has 0 radical (unpaired) electrons. The molecule has 2 atom stereocenters. The van der Waals surface area contributed by atoms with Crippen LogP contribution in [-0.4, -0.2) is 16.3 Å². The van der Waals surface area contributed by atoms with Crippen LogP contribution in [0.25, 0.3) is 10.9 Å². The van der Waals surface area contributed by atoms with Crippen LogP contribution in [0.3, 0.4) is 0 Å². The molecule has 0 bridgehead atoms. The quantitative estimate of drug-likeness (QED) is 0.802. The third-order valence-electron chi connectivity index (χ3n) is 3.32. The Balaban J connectivity index is 2.10. The summed E-state index contributed by atoms with van der Waals surface area (Å²) in [7, 11) is 1.97. The summed E-state index contributed by atoms with van der Waals surface area (Å²) in [6, 6.07) is 6.37. The van der Waals surface area contributed by atoms with E-state index < -0.39 is 0 Å². The minimum atomic E-state index is 0.669. The van der Waals surface area contributed by atoms with E-state index >= 15 is 0 Å². The molecule has 1 heterocycles. The normalized spacial score (nSPS) is 24.7. The molecule has 0 saturated heterocycles. The Labute approximate surface area is 88.9 Å². The van der Waals surface area contributed by atoms with Crippen molar-refractivity contribution in [3.63, 3.8) is 0 Å².